The molecule has 1 aromatic carbocycles. The number of hydrogen-bond donors (Lipinski definition) is 2. The van der Waals surface area contributed by atoms with Gasteiger partial charge in [-0.25, -0.2) is 8.42 Å². The Hall–Kier alpha value is -1.60. The summed E-state index contributed by atoms with van der Waals surface area (Å²) in [7, 11) is -3.56. The molecule has 0 bridgehead atoms. The summed E-state index contributed by atoms with van der Waals surface area (Å²) in [6.45, 7) is 3.77. The number of halogens is 1. The molecule has 1 aromatic rings. The van der Waals surface area contributed by atoms with Gasteiger partial charge in [0.2, 0.25) is 11.8 Å². The third-order valence-corrected chi connectivity index (χ3v) is 4.88. The zero-order chi connectivity index (χ0) is 16.8. The van der Waals surface area contributed by atoms with Gasteiger partial charge in [0.1, 0.15) is 6.04 Å². The van der Waals surface area contributed by atoms with E-state index in [4.69, 9.17) is 11.6 Å². The highest BCUT2D eigenvalue weighted by Crippen LogP contribution is 2.15. The van der Waals surface area contributed by atoms with Crippen LogP contribution in [0.15, 0.2) is 29.2 Å². The summed E-state index contributed by atoms with van der Waals surface area (Å²) < 4.78 is 24.1. The maximum atomic E-state index is 12.1. The van der Waals surface area contributed by atoms with Gasteiger partial charge in [0.05, 0.1) is 10.6 Å². The van der Waals surface area contributed by atoms with Crippen molar-refractivity contribution >= 4 is 33.3 Å². The summed E-state index contributed by atoms with van der Waals surface area (Å²) in [4.78, 5) is 23.3. The number of sulfone groups is 1. The van der Waals surface area contributed by atoms with Crippen molar-refractivity contribution in [2.24, 2.45) is 0 Å². The first-order valence-corrected chi connectivity index (χ1v) is 8.84. The fraction of sp³-hybridized carbons (Fsp3) is 0.429. The number of benzene rings is 1. The van der Waals surface area contributed by atoms with Crippen molar-refractivity contribution in [3.8, 4) is 0 Å². The normalized spacial score (nSPS) is 12.5. The first-order valence-electron chi connectivity index (χ1n) is 6.81. The molecule has 0 aliphatic heterocycles. The molecule has 0 aromatic heterocycles. The first kappa shape index (κ1) is 18.4. The van der Waals surface area contributed by atoms with Crippen LogP contribution < -0.4 is 10.6 Å². The van der Waals surface area contributed by atoms with Gasteiger partial charge in [0, 0.05) is 18.0 Å². The van der Waals surface area contributed by atoms with Crippen LogP contribution in [0.5, 0.6) is 0 Å². The van der Waals surface area contributed by atoms with E-state index in [1.54, 1.807) is 6.92 Å². The molecule has 6 nitrogen and oxygen atoms in total. The minimum absolute atomic E-state index is 0.112. The number of nitrogens with one attached hydrogen (secondary N) is 2. The van der Waals surface area contributed by atoms with Crippen molar-refractivity contribution in [2.75, 3.05) is 12.3 Å². The Balaban J connectivity index is 2.56. The molecule has 0 aliphatic rings. The lowest BCUT2D eigenvalue weighted by Gasteiger charge is -2.13. The molecule has 0 heterocycles. The molecule has 1 unspecified atom stereocenters. The van der Waals surface area contributed by atoms with E-state index in [9.17, 15) is 18.0 Å². The maximum Gasteiger partial charge on any atom is 0.242 e. The molecule has 2 amide bonds. The summed E-state index contributed by atoms with van der Waals surface area (Å²) in [6, 6.07) is 5.04. The van der Waals surface area contributed by atoms with E-state index in [1.165, 1.54) is 31.2 Å². The highest BCUT2D eigenvalue weighted by molar-refractivity contribution is 7.91. The molecule has 0 fully saturated rings. The summed E-state index contributed by atoms with van der Waals surface area (Å²) in [5.74, 6) is -1.13. The molecule has 1 atom stereocenters. The molecule has 2 N–H and O–H groups in total. The van der Waals surface area contributed by atoms with Gasteiger partial charge >= 0.3 is 0 Å². The van der Waals surface area contributed by atoms with E-state index in [1.807, 2.05) is 0 Å². The predicted octanol–water partition coefficient (Wildman–Crippen LogP) is 1.14. The molecule has 1 rings (SSSR count). The van der Waals surface area contributed by atoms with Gasteiger partial charge < -0.3 is 10.6 Å². The van der Waals surface area contributed by atoms with Gasteiger partial charge in [0.25, 0.3) is 0 Å². The number of amides is 2. The number of rotatable bonds is 7. The molecule has 0 aliphatic carbocycles. The van der Waals surface area contributed by atoms with Crippen LogP contribution in [0.25, 0.3) is 0 Å². The Bertz CT molecular complexity index is 629. The number of carbonyl (C=O) groups excluding carboxylic acids is 2. The van der Waals surface area contributed by atoms with Crippen molar-refractivity contribution in [1.82, 2.24) is 10.6 Å². The number of carbonyl (C=O) groups is 2. The van der Waals surface area contributed by atoms with Crippen LogP contribution >= 0.6 is 11.6 Å². The number of hydrogen-bond acceptors (Lipinski definition) is 4. The van der Waals surface area contributed by atoms with Crippen molar-refractivity contribution in [1.29, 1.82) is 0 Å². The van der Waals surface area contributed by atoms with Gasteiger partial charge in [-0.1, -0.05) is 11.6 Å². The summed E-state index contributed by atoms with van der Waals surface area (Å²) in [6.07, 6.45) is -0.214. The van der Waals surface area contributed by atoms with E-state index in [-0.39, 0.29) is 23.0 Å². The van der Waals surface area contributed by atoms with Crippen LogP contribution in [0.2, 0.25) is 5.02 Å². The topological polar surface area (TPSA) is 92.3 Å². The second-order valence-electron chi connectivity index (χ2n) is 4.71. The average molecular weight is 347 g/mol. The molecule has 22 heavy (non-hydrogen) atoms. The van der Waals surface area contributed by atoms with Crippen LogP contribution in [-0.4, -0.2) is 38.6 Å². The third-order valence-electron chi connectivity index (χ3n) is 2.89. The second-order valence-corrected chi connectivity index (χ2v) is 7.25. The Morgan fingerprint density at radius 3 is 2.36 bits per heavy atom. The molecular weight excluding hydrogens is 328 g/mol. The molecule has 0 radical (unpaired) electrons. The fourth-order valence-corrected chi connectivity index (χ4v) is 3.06. The quantitative estimate of drug-likeness (QED) is 0.774. The minimum Gasteiger partial charge on any atom is -0.355 e. The SMILES string of the molecule is CCNC(=O)C(C)NC(=O)CCS(=O)(=O)c1ccc(Cl)cc1. The van der Waals surface area contributed by atoms with E-state index >= 15 is 0 Å². The molecule has 0 saturated heterocycles. The average Bonchev–Trinajstić information content (AvgIpc) is 2.46. The zero-order valence-electron chi connectivity index (χ0n) is 12.4. The smallest absolute Gasteiger partial charge is 0.242 e. The highest BCUT2D eigenvalue weighted by atomic mass is 35.5. The monoisotopic (exact) mass is 346 g/mol. The van der Waals surface area contributed by atoms with Crippen molar-refractivity contribution in [3.05, 3.63) is 29.3 Å². The van der Waals surface area contributed by atoms with Crippen LogP contribution in [0, 0.1) is 0 Å². The largest absolute Gasteiger partial charge is 0.355 e. The molecule has 0 spiro atoms. The highest BCUT2D eigenvalue weighted by Gasteiger charge is 2.19. The van der Waals surface area contributed by atoms with Crippen LogP contribution in [0.1, 0.15) is 20.3 Å². The van der Waals surface area contributed by atoms with Crippen molar-refractivity contribution < 1.29 is 18.0 Å². The van der Waals surface area contributed by atoms with Crippen molar-refractivity contribution in [2.45, 2.75) is 31.2 Å². The standard InChI is InChI=1S/C14H19ClN2O4S/c1-3-16-14(19)10(2)17-13(18)8-9-22(20,21)12-6-4-11(15)5-7-12/h4-7,10H,3,8-9H2,1-2H3,(H,16,19)(H,17,18). The second kappa shape index (κ2) is 8.14. The lowest BCUT2D eigenvalue weighted by atomic mass is 10.3. The predicted molar refractivity (Wildman–Crippen MR) is 84.4 cm³/mol. The number of likely N-dealkylation sites (N-methyl/N-ethyl adjacent to an activating group) is 1. The summed E-state index contributed by atoms with van der Waals surface area (Å²) >= 11 is 5.71. The Kier molecular flexibility index (Phi) is 6.83. The Morgan fingerprint density at radius 1 is 1.23 bits per heavy atom. The fourth-order valence-electron chi connectivity index (χ4n) is 1.69. The minimum atomic E-state index is -3.56. The lowest BCUT2D eigenvalue weighted by molar-refractivity contribution is -0.128. The Labute approximate surface area is 135 Å². The van der Waals surface area contributed by atoms with Crippen LogP contribution in [0.3, 0.4) is 0 Å². The van der Waals surface area contributed by atoms with Gasteiger partial charge in [-0.2, -0.15) is 0 Å². The van der Waals surface area contributed by atoms with Crippen molar-refractivity contribution in [3.63, 3.8) is 0 Å². The van der Waals surface area contributed by atoms with Crippen LogP contribution in [-0.2, 0) is 19.4 Å². The van der Waals surface area contributed by atoms with Gasteiger partial charge in [-0.3, -0.25) is 9.59 Å². The maximum absolute atomic E-state index is 12.1. The Morgan fingerprint density at radius 2 is 1.82 bits per heavy atom. The first-order chi connectivity index (χ1) is 10.3. The summed E-state index contributed by atoms with van der Waals surface area (Å²) in [5, 5.41) is 5.47. The molecule has 122 valence electrons. The van der Waals surface area contributed by atoms with Gasteiger partial charge in [0.15, 0.2) is 9.84 Å². The zero-order valence-corrected chi connectivity index (χ0v) is 14.0. The van der Waals surface area contributed by atoms with Gasteiger partial charge in [-0.05, 0) is 38.1 Å². The molecule has 0 saturated carbocycles. The van der Waals surface area contributed by atoms with Gasteiger partial charge in [-0.15, -0.1) is 0 Å². The van der Waals surface area contributed by atoms with Crippen LogP contribution in [0.4, 0.5) is 0 Å². The van der Waals surface area contributed by atoms with E-state index in [0.717, 1.165) is 0 Å². The van der Waals surface area contributed by atoms with E-state index < -0.39 is 21.8 Å². The molecular formula is C14H19ClN2O4S. The van der Waals surface area contributed by atoms with E-state index in [0.29, 0.717) is 11.6 Å². The van der Waals surface area contributed by atoms with E-state index in [2.05, 4.69) is 10.6 Å². The lowest BCUT2D eigenvalue weighted by Crippen LogP contribution is -2.45. The molecule has 8 heteroatoms. The third kappa shape index (κ3) is 5.65. The summed E-state index contributed by atoms with van der Waals surface area (Å²) in [5.41, 5.74) is 0.